The zero-order chi connectivity index (χ0) is 13.4. The van der Waals surface area contributed by atoms with Crippen LogP contribution < -0.4 is 0 Å². The van der Waals surface area contributed by atoms with Gasteiger partial charge >= 0.3 is 0 Å². The van der Waals surface area contributed by atoms with Crippen molar-refractivity contribution in [3.8, 4) is 0 Å². The number of carbonyl (C=O) groups is 2. The maximum Gasteiger partial charge on any atom is 0.226 e. The second-order valence-electron chi connectivity index (χ2n) is 6.55. The average Bonchev–Trinajstić information content (AvgIpc) is 2.56. The van der Waals surface area contributed by atoms with Gasteiger partial charge in [-0.05, 0) is 24.7 Å². The summed E-state index contributed by atoms with van der Waals surface area (Å²) in [6.45, 7) is 12.6. The SMILES string of the molecule is CC(=O)[C@@H]1C[C@@H](C)CN1C(=O)[C@@H](C)C(C)(C)C. The first-order valence-corrected chi connectivity index (χ1v) is 6.45. The molecule has 0 bridgehead atoms. The highest BCUT2D eigenvalue weighted by molar-refractivity contribution is 5.89. The summed E-state index contributed by atoms with van der Waals surface area (Å²) in [5.41, 5.74) is -0.0513. The van der Waals surface area contributed by atoms with E-state index in [1.165, 1.54) is 0 Å². The maximum atomic E-state index is 12.4. The number of Topliss-reactive ketones (excluding diaryl/α,β-unsaturated/α-hetero) is 1. The fourth-order valence-electron chi connectivity index (χ4n) is 2.29. The van der Waals surface area contributed by atoms with E-state index < -0.39 is 0 Å². The van der Waals surface area contributed by atoms with Crippen LogP contribution in [0.3, 0.4) is 0 Å². The molecular formula is C14H25NO2. The predicted octanol–water partition coefficient (Wildman–Crippen LogP) is 2.49. The van der Waals surface area contributed by atoms with Crippen molar-refractivity contribution in [2.45, 2.75) is 54.0 Å². The summed E-state index contributed by atoms with van der Waals surface area (Å²) < 4.78 is 0. The second kappa shape index (κ2) is 4.79. The van der Waals surface area contributed by atoms with Crippen LogP contribution in [0.25, 0.3) is 0 Å². The van der Waals surface area contributed by atoms with Gasteiger partial charge < -0.3 is 4.90 Å². The van der Waals surface area contributed by atoms with Crippen LogP contribution in [-0.4, -0.2) is 29.2 Å². The summed E-state index contributed by atoms with van der Waals surface area (Å²) >= 11 is 0. The lowest BCUT2D eigenvalue weighted by atomic mass is 9.81. The van der Waals surface area contributed by atoms with Gasteiger partial charge in [0.25, 0.3) is 0 Å². The maximum absolute atomic E-state index is 12.4. The number of nitrogens with zero attached hydrogens (tertiary/aromatic N) is 1. The van der Waals surface area contributed by atoms with Crippen molar-refractivity contribution < 1.29 is 9.59 Å². The van der Waals surface area contributed by atoms with Crippen LogP contribution in [0.15, 0.2) is 0 Å². The van der Waals surface area contributed by atoms with Gasteiger partial charge in [0.05, 0.1) is 6.04 Å². The molecule has 0 N–H and O–H groups in total. The van der Waals surface area contributed by atoms with E-state index in [1.807, 2.05) is 6.92 Å². The third-order valence-corrected chi connectivity index (χ3v) is 3.93. The molecule has 0 aromatic carbocycles. The second-order valence-corrected chi connectivity index (χ2v) is 6.55. The van der Waals surface area contributed by atoms with Gasteiger partial charge in [-0.2, -0.15) is 0 Å². The fourth-order valence-corrected chi connectivity index (χ4v) is 2.29. The Kier molecular flexibility index (Phi) is 4.00. The van der Waals surface area contributed by atoms with E-state index in [0.717, 1.165) is 13.0 Å². The van der Waals surface area contributed by atoms with Crippen LogP contribution in [-0.2, 0) is 9.59 Å². The van der Waals surface area contributed by atoms with Crippen LogP contribution in [0, 0.1) is 17.3 Å². The minimum Gasteiger partial charge on any atom is -0.332 e. The van der Waals surface area contributed by atoms with Gasteiger partial charge in [0.2, 0.25) is 5.91 Å². The average molecular weight is 239 g/mol. The van der Waals surface area contributed by atoms with Gasteiger partial charge in [0.1, 0.15) is 0 Å². The largest absolute Gasteiger partial charge is 0.332 e. The third kappa shape index (κ3) is 3.08. The minimum absolute atomic E-state index is 0.0466. The van der Waals surface area contributed by atoms with Gasteiger partial charge in [-0.15, -0.1) is 0 Å². The van der Waals surface area contributed by atoms with Gasteiger partial charge in [-0.25, -0.2) is 0 Å². The van der Waals surface area contributed by atoms with Crippen molar-refractivity contribution in [2.75, 3.05) is 6.54 Å². The zero-order valence-corrected chi connectivity index (χ0v) is 11.9. The van der Waals surface area contributed by atoms with E-state index in [0.29, 0.717) is 5.92 Å². The Morgan fingerprint density at radius 3 is 2.24 bits per heavy atom. The molecule has 0 aromatic rings. The molecule has 17 heavy (non-hydrogen) atoms. The van der Waals surface area contributed by atoms with Crippen LogP contribution in [0.5, 0.6) is 0 Å². The molecule has 1 fully saturated rings. The summed E-state index contributed by atoms with van der Waals surface area (Å²) in [5.74, 6) is 0.625. The molecule has 3 atom stereocenters. The van der Waals surface area contributed by atoms with E-state index in [2.05, 4.69) is 27.7 Å². The number of hydrogen-bond donors (Lipinski definition) is 0. The first kappa shape index (κ1) is 14.2. The Balaban J connectivity index is 2.84. The molecule has 1 aliphatic rings. The molecule has 1 aliphatic heterocycles. The summed E-state index contributed by atoms with van der Waals surface area (Å²) in [7, 11) is 0. The van der Waals surface area contributed by atoms with Crippen LogP contribution in [0.2, 0.25) is 0 Å². The molecule has 0 spiro atoms. The van der Waals surface area contributed by atoms with Gasteiger partial charge in [-0.3, -0.25) is 9.59 Å². The first-order valence-electron chi connectivity index (χ1n) is 6.45. The lowest BCUT2D eigenvalue weighted by Gasteiger charge is -2.32. The molecule has 3 heteroatoms. The topological polar surface area (TPSA) is 37.4 Å². The molecule has 0 aliphatic carbocycles. The van der Waals surface area contributed by atoms with E-state index in [-0.39, 0.29) is 29.1 Å². The van der Waals surface area contributed by atoms with Crippen molar-refractivity contribution in [1.29, 1.82) is 0 Å². The van der Waals surface area contributed by atoms with Crippen LogP contribution in [0.4, 0.5) is 0 Å². The quantitative estimate of drug-likeness (QED) is 0.742. The molecular weight excluding hydrogens is 214 g/mol. The molecule has 1 rings (SSSR count). The fraction of sp³-hybridized carbons (Fsp3) is 0.857. The Morgan fingerprint density at radius 1 is 1.29 bits per heavy atom. The Hall–Kier alpha value is -0.860. The van der Waals surface area contributed by atoms with E-state index in [9.17, 15) is 9.59 Å². The lowest BCUT2D eigenvalue weighted by molar-refractivity contribution is -0.142. The number of rotatable bonds is 2. The molecule has 98 valence electrons. The van der Waals surface area contributed by atoms with E-state index in [4.69, 9.17) is 0 Å². The van der Waals surface area contributed by atoms with Crippen molar-refractivity contribution >= 4 is 11.7 Å². The number of hydrogen-bond acceptors (Lipinski definition) is 2. The van der Waals surface area contributed by atoms with Crippen molar-refractivity contribution in [2.24, 2.45) is 17.3 Å². The monoisotopic (exact) mass is 239 g/mol. The Bertz CT molecular complexity index is 317. The smallest absolute Gasteiger partial charge is 0.226 e. The molecule has 0 unspecified atom stereocenters. The summed E-state index contributed by atoms with van der Waals surface area (Å²) in [6.07, 6.45) is 0.817. The molecule has 1 amide bonds. The standard InChI is InChI=1S/C14H25NO2/c1-9-7-12(11(3)16)15(8-9)13(17)10(2)14(4,5)6/h9-10,12H,7-8H2,1-6H3/t9-,10-,12+/m1/s1. The van der Waals surface area contributed by atoms with Gasteiger partial charge in [0, 0.05) is 12.5 Å². The lowest BCUT2D eigenvalue weighted by Crippen LogP contribution is -2.45. The molecule has 0 saturated carbocycles. The number of ketones is 1. The van der Waals surface area contributed by atoms with Crippen molar-refractivity contribution in [3.63, 3.8) is 0 Å². The number of amides is 1. The zero-order valence-electron chi connectivity index (χ0n) is 11.9. The van der Waals surface area contributed by atoms with E-state index >= 15 is 0 Å². The Labute approximate surface area is 105 Å². The van der Waals surface area contributed by atoms with Crippen molar-refractivity contribution in [3.05, 3.63) is 0 Å². The number of carbonyl (C=O) groups excluding carboxylic acids is 2. The number of likely N-dealkylation sites (tertiary alicyclic amines) is 1. The molecule has 0 aromatic heterocycles. The summed E-state index contributed by atoms with van der Waals surface area (Å²) in [4.78, 5) is 25.8. The first-order chi connectivity index (χ1) is 7.64. The Morgan fingerprint density at radius 2 is 1.82 bits per heavy atom. The minimum atomic E-state index is -0.192. The summed E-state index contributed by atoms with van der Waals surface area (Å²) in [5, 5.41) is 0. The van der Waals surface area contributed by atoms with Gasteiger partial charge in [0.15, 0.2) is 5.78 Å². The molecule has 1 saturated heterocycles. The normalized spacial score (nSPS) is 27.1. The highest BCUT2D eigenvalue weighted by atomic mass is 16.2. The molecule has 1 heterocycles. The van der Waals surface area contributed by atoms with Crippen LogP contribution >= 0.6 is 0 Å². The predicted molar refractivity (Wildman–Crippen MR) is 68.6 cm³/mol. The van der Waals surface area contributed by atoms with Gasteiger partial charge in [-0.1, -0.05) is 34.6 Å². The highest BCUT2D eigenvalue weighted by Crippen LogP contribution is 2.31. The van der Waals surface area contributed by atoms with E-state index in [1.54, 1.807) is 11.8 Å². The van der Waals surface area contributed by atoms with Crippen LogP contribution in [0.1, 0.15) is 48.0 Å². The summed E-state index contributed by atoms with van der Waals surface area (Å²) in [6, 6.07) is -0.192. The highest BCUT2D eigenvalue weighted by Gasteiger charge is 2.39. The third-order valence-electron chi connectivity index (χ3n) is 3.93. The molecule has 0 radical (unpaired) electrons. The molecule has 3 nitrogen and oxygen atoms in total. The van der Waals surface area contributed by atoms with Crippen molar-refractivity contribution in [1.82, 2.24) is 4.90 Å².